The number of rotatable bonds is 0. The summed E-state index contributed by atoms with van der Waals surface area (Å²) in [6.07, 6.45) is 8.58. The molecule has 86 valence electrons. The Kier molecular flexibility index (Phi) is 1.82. The molecule has 0 atom stereocenters. The van der Waals surface area contributed by atoms with Crippen molar-refractivity contribution < 1.29 is 0 Å². The minimum Gasteiger partial charge on any atom is -0.281 e. The van der Waals surface area contributed by atoms with Crippen LogP contribution in [-0.2, 0) is 0 Å². The molecule has 0 saturated heterocycles. The summed E-state index contributed by atoms with van der Waals surface area (Å²) in [7, 11) is 0. The van der Waals surface area contributed by atoms with Gasteiger partial charge in [-0.15, -0.1) is 0 Å². The average molecular weight is 256 g/mol. The van der Waals surface area contributed by atoms with Gasteiger partial charge in [-0.2, -0.15) is 0 Å². The molecule has 0 saturated carbocycles. The molecule has 0 unspecified atom stereocenters. The molecule has 0 amide bonds. The molecular formula is C12H6ClN5. The molecule has 0 bridgehead atoms. The van der Waals surface area contributed by atoms with Crippen molar-refractivity contribution in [1.82, 2.24) is 24.3 Å². The van der Waals surface area contributed by atoms with E-state index < -0.39 is 0 Å². The van der Waals surface area contributed by atoms with Gasteiger partial charge in [0.15, 0.2) is 11.3 Å². The second kappa shape index (κ2) is 3.36. The van der Waals surface area contributed by atoms with Crippen LogP contribution in [0.2, 0.25) is 5.02 Å². The van der Waals surface area contributed by atoms with E-state index in [1.165, 1.54) is 0 Å². The molecule has 4 aromatic rings. The number of hydrogen-bond acceptors (Lipinski definition) is 4. The number of imidazole rings is 1. The fourth-order valence-electron chi connectivity index (χ4n) is 2.05. The van der Waals surface area contributed by atoms with Crippen molar-refractivity contribution in [3.8, 4) is 0 Å². The van der Waals surface area contributed by atoms with Crippen molar-refractivity contribution in [3.05, 3.63) is 42.1 Å². The Morgan fingerprint density at radius 1 is 1.06 bits per heavy atom. The Bertz CT molecular complexity index is 899. The van der Waals surface area contributed by atoms with E-state index in [-0.39, 0.29) is 0 Å². The number of halogens is 1. The molecule has 0 aromatic carbocycles. The van der Waals surface area contributed by atoms with Crippen LogP contribution in [-0.4, -0.2) is 24.3 Å². The predicted octanol–water partition coefficient (Wildman–Crippen LogP) is 2.48. The second-order valence-corrected chi connectivity index (χ2v) is 4.29. The summed E-state index contributed by atoms with van der Waals surface area (Å²) in [5, 5.41) is 1.46. The van der Waals surface area contributed by atoms with Crippen LogP contribution < -0.4 is 0 Å². The zero-order valence-electron chi connectivity index (χ0n) is 9.08. The first-order valence-corrected chi connectivity index (χ1v) is 5.73. The van der Waals surface area contributed by atoms with Gasteiger partial charge in [-0.3, -0.25) is 14.4 Å². The molecule has 4 heterocycles. The Balaban J connectivity index is 2.33. The van der Waals surface area contributed by atoms with Crippen LogP contribution in [0.4, 0.5) is 0 Å². The zero-order chi connectivity index (χ0) is 12.1. The predicted molar refractivity (Wildman–Crippen MR) is 68.6 cm³/mol. The number of fused-ring (bicyclic) bond motifs is 4. The smallest absolute Gasteiger partial charge is 0.166 e. The van der Waals surface area contributed by atoms with Crippen LogP contribution in [0.1, 0.15) is 0 Å². The fourth-order valence-corrected chi connectivity index (χ4v) is 2.34. The normalized spacial score (nSPS) is 11.6. The first-order chi connectivity index (χ1) is 8.84. The molecule has 5 nitrogen and oxygen atoms in total. The summed E-state index contributed by atoms with van der Waals surface area (Å²) in [4.78, 5) is 17.1. The molecule has 0 aliphatic rings. The van der Waals surface area contributed by atoms with E-state index in [9.17, 15) is 0 Å². The minimum absolute atomic E-state index is 0.598. The maximum absolute atomic E-state index is 6.38. The zero-order valence-corrected chi connectivity index (χ0v) is 9.83. The van der Waals surface area contributed by atoms with Crippen molar-refractivity contribution in [2.45, 2.75) is 0 Å². The number of aromatic nitrogens is 5. The van der Waals surface area contributed by atoms with Gasteiger partial charge in [0.2, 0.25) is 0 Å². The van der Waals surface area contributed by atoms with E-state index in [0.29, 0.717) is 10.5 Å². The van der Waals surface area contributed by atoms with Crippen LogP contribution in [0.3, 0.4) is 0 Å². The van der Waals surface area contributed by atoms with E-state index in [2.05, 4.69) is 19.9 Å². The van der Waals surface area contributed by atoms with Crippen molar-refractivity contribution >= 4 is 39.3 Å². The third-order valence-corrected chi connectivity index (χ3v) is 3.26. The van der Waals surface area contributed by atoms with E-state index in [1.807, 2.05) is 16.7 Å². The van der Waals surface area contributed by atoms with E-state index in [4.69, 9.17) is 11.6 Å². The van der Waals surface area contributed by atoms with Gasteiger partial charge >= 0.3 is 0 Å². The van der Waals surface area contributed by atoms with Crippen LogP contribution in [0.5, 0.6) is 0 Å². The van der Waals surface area contributed by atoms with Gasteiger partial charge < -0.3 is 0 Å². The molecule has 0 radical (unpaired) electrons. The highest BCUT2D eigenvalue weighted by molar-refractivity contribution is 6.39. The molecule has 4 aromatic heterocycles. The van der Waals surface area contributed by atoms with E-state index in [0.717, 1.165) is 22.2 Å². The standard InChI is InChI=1S/C12H6ClN5/c13-10-7-1-2-14-5-8(7)16-12-11(10)17-9-6-15-3-4-18(9)12/h1-6H. The van der Waals surface area contributed by atoms with Crippen LogP contribution >= 0.6 is 11.6 Å². The van der Waals surface area contributed by atoms with Crippen molar-refractivity contribution in [1.29, 1.82) is 0 Å². The average Bonchev–Trinajstić information content (AvgIpc) is 2.79. The highest BCUT2D eigenvalue weighted by Gasteiger charge is 2.12. The van der Waals surface area contributed by atoms with Crippen molar-refractivity contribution in [3.63, 3.8) is 0 Å². The topological polar surface area (TPSA) is 56.0 Å². The molecule has 0 aliphatic heterocycles. The molecular weight excluding hydrogens is 250 g/mol. The SMILES string of the molecule is Clc1c2ccncc2nc2c1nc1cnccn12. The van der Waals surface area contributed by atoms with Crippen molar-refractivity contribution in [2.24, 2.45) is 0 Å². The lowest BCUT2D eigenvalue weighted by molar-refractivity contribution is 1.13. The van der Waals surface area contributed by atoms with Gasteiger partial charge in [0, 0.05) is 24.0 Å². The van der Waals surface area contributed by atoms with Gasteiger partial charge in [0.1, 0.15) is 5.52 Å². The Labute approximate surface area is 106 Å². The minimum atomic E-state index is 0.598. The molecule has 18 heavy (non-hydrogen) atoms. The van der Waals surface area contributed by atoms with Gasteiger partial charge in [-0.1, -0.05) is 11.6 Å². The number of pyridine rings is 2. The second-order valence-electron chi connectivity index (χ2n) is 3.91. The van der Waals surface area contributed by atoms with Gasteiger partial charge in [0.05, 0.1) is 22.9 Å². The first kappa shape index (κ1) is 9.73. The molecule has 0 spiro atoms. The van der Waals surface area contributed by atoms with Crippen molar-refractivity contribution in [2.75, 3.05) is 0 Å². The monoisotopic (exact) mass is 255 g/mol. The quantitative estimate of drug-likeness (QED) is 0.484. The lowest BCUT2D eigenvalue weighted by atomic mass is 10.2. The summed E-state index contributed by atoms with van der Waals surface area (Å²) in [5.74, 6) is 0. The van der Waals surface area contributed by atoms with Crippen LogP contribution in [0.15, 0.2) is 37.1 Å². The van der Waals surface area contributed by atoms with E-state index >= 15 is 0 Å². The molecule has 0 aliphatic carbocycles. The maximum atomic E-state index is 6.38. The fraction of sp³-hybridized carbons (Fsp3) is 0. The Hall–Kier alpha value is -2.27. The summed E-state index contributed by atoms with van der Waals surface area (Å²) in [5.41, 5.74) is 2.89. The van der Waals surface area contributed by atoms with Gasteiger partial charge in [0.25, 0.3) is 0 Å². The highest BCUT2D eigenvalue weighted by Crippen LogP contribution is 2.29. The highest BCUT2D eigenvalue weighted by atomic mass is 35.5. The third-order valence-electron chi connectivity index (χ3n) is 2.88. The number of nitrogens with zero attached hydrogens (tertiary/aromatic N) is 5. The van der Waals surface area contributed by atoms with Crippen LogP contribution in [0.25, 0.3) is 27.7 Å². The third kappa shape index (κ3) is 1.16. The lowest BCUT2D eigenvalue weighted by Crippen LogP contribution is -1.89. The molecule has 0 fully saturated rings. The summed E-state index contributed by atoms with van der Waals surface area (Å²) in [6, 6.07) is 1.84. The van der Waals surface area contributed by atoms with E-state index in [1.54, 1.807) is 24.8 Å². The number of hydrogen-bond donors (Lipinski definition) is 0. The largest absolute Gasteiger partial charge is 0.281 e. The Morgan fingerprint density at radius 3 is 2.89 bits per heavy atom. The first-order valence-electron chi connectivity index (χ1n) is 5.35. The maximum Gasteiger partial charge on any atom is 0.166 e. The summed E-state index contributed by atoms with van der Waals surface area (Å²) >= 11 is 6.38. The molecule has 4 rings (SSSR count). The Morgan fingerprint density at radius 2 is 1.94 bits per heavy atom. The van der Waals surface area contributed by atoms with Gasteiger partial charge in [-0.25, -0.2) is 9.97 Å². The summed E-state index contributed by atoms with van der Waals surface area (Å²) < 4.78 is 1.86. The van der Waals surface area contributed by atoms with Crippen LogP contribution in [0, 0.1) is 0 Å². The van der Waals surface area contributed by atoms with Gasteiger partial charge in [-0.05, 0) is 6.07 Å². The summed E-state index contributed by atoms with van der Waals surface area (Å²) in [6.45, 7) is 0. The lowest BCUT2D eigenvalue weighted by Gasteiger charge is -2.00. The molecule has 6 heteroatoms. The molecule has 0 N–H and O–H groups in total.